The number of hydrogen-bond donors (Lipinski definition) is 2. The lowest BCUT2D eigenvalue weighted by Crippen LogP contribution is -2.45. The molecular formula is C43H46N4O6. The molecule has 7 rings (SSSR count). The van der Waals surface area contributed by atoms with Crippen LogP contribution >= 0.6 is 0 Å². The quantitative estimate of drug-likeness (QED) is 0.146. The highest BCUT2D eigenvalue weighted by atomic mass is 16.7. The molecule has 2 aliphatic heterocycles. The van der Waals surface area contributed by atoms with Gasteiger partial charge in [-0.05, 0) is 92.2 Å². The van der Waals surface area contributed by atoms with Gasteiger partial charge in [0, 0.05) is 25.1 Å². The lowest BCUT2D eigenvalue weighted by Gasteiger charge is -2.38. The Morgan fingerprint density at radius 2 is 1.64 bits per heavy atom. The van der Waals surface area contributed by atoms with Crippen LogP contribution < -0.4 is 5.32 Å². The second kappa shape index (κ2) is 15.9. The highest BCUT2D eigenvalue weighted by Crippen LogP contribution is 2.40. The third-order valence-corrected chi connectivity index (χ3v) is 9.65. The largest absolute Gasteiger partial charge is 0.459 e. The third kappa shape index (κ3) is 8.97. The highest BCUT2D eigenvalue weighted by Gasteiger charge is 2.39. The standard InChI is InChI=1S/C43H46N4O6/c1-43(2,3)53-41(50)38-15-8-20-47(38)26-34-23-39(30-18-16-28(27-48)17-19-30)52-42(51-34)33-12-7-11-32(22-33)31-10-6-9-29(21-31)24-45-40(49)37-25-44-35-13-4-5-14-36(35)46-37/h4-7,9-14,16-19,21-22,25,34,38-39,42,48H,8,15,20,23-24,26-27H2,1-3H3,(H,45,49)/t34-,38+,39+,42+/m1/s1. The summed E-state index contributed by atoms with van der Waals surface area (Å²) in [7, 11) is 0. The van der Waals surface area contributed by atoms with Crippen LogP contribution in [0.3, 0.4) is 0 Å². The van der Waals surface area contributed by atoms with Crippen molar-refractivity contribution in [1.29, 1.82) is 0 Å². The Morgan fingerprint density at radius 1 is 0.887 bits per heavy atom. The molecule has 1 aromatic heterocycles. The minimum Gasteiger partial charge on any atom is -0.459 e. The topological polar surface area (TPSA) is 123 Å². The van der Waals surface area contributed by atoms with Crippen molar-refractivity contribution in [2.45, 2.75) is 83.3 Å². The van der Waals surface area contributed by atoms with Gasteiger partial charge in [-0.2, -0.15) is 0 Å². The summed E-state index contributed by atoms with van der Waals surface area (Å²) in [5, 5.41) is 12.6. The van der Waals surface area contributed by atoms with Crippen LogP contribution in [0.1, 0.15) is 85.2 Å². The molecule has 0 aliphatic carbocycles. The molecule has 0 bridgehead atoms. The molecule has 2 fully saturated rings. The van der Waals surface area contributed by atoms with E-state index in [-0.39, 0.29) is 42.4 Å². The van der Waals surface area contributed by atoms with Gasteiger partial charge < -0.3 is 24.6 Å². The maximum atomic E-state index is 13.1. The predicted octanol–water partition coefficient (Wildman–Crippen LogP) is 7.07. The van der Waals surface area contributed by atoms with Crippen LogP contribution in [0.25, 0.3) is 22.2 Å². The minimum atomic E-state index is -0.649. The van der Waals surface area contributed by atoms with Crippen LogP contribution in [-0.4, -0.2) is 62.7 Å². The minimum absolute atomic E-state index is 0.0271. The Labute approximate surface area is 310 Å². The fraction of sp³-hybridized carbons (Fsp3) is 0.349. The van der Waals surface area contributed by atoms with E-state index in [1.807, 2.05) is 106 Å². The smallest absolute Gasteiger partial charge is 0.323 e. The molecule has 0 radical (unpaired) electrons. The number of rotatable bonds is 10. The second-order valence-electron chi connectivity index (χ2n) is 14.8. The molecule has 0 spiro atoms. The Bertz CT molecular complexity index is 2060. The summed E-state index contributed by atoms with van der Waals surface area (Å²) in [5.41, 5.74) is 6.77. The average Bonchev–Trinajstić information content (AvgIpc) is 3.64. The van der Waals surface area contributed by atoms with E-state index < -0.39 is 11.9 Å². The molecule has 2 N–H and O–H groups in total. The van der Waals surface area contributed by atoms with Gasteiger partial charge in [-0.15, -0.1) is 0 Å². The summed E-state index contributed by atoms with van der Waals surface area (Å²) < 4.78 is 19.1. The molecule has 4 atom stereocenters. The van der Waals surface area contributed by atoms with Crippen molar-refractivity contribution >= 4 is 22.9 Å². The van der Waals surface area contributed by atoms with Gasteiger partial charge in [0.2, 0.25) is 0 Å². The third-order valence-electron chi connectivity index (χ3n) is 9.65. The van der Waals surface area contributed by atoms with Gasteiger partial charge in [-0.1, -0.05) is 72.8 Å². The van der Waals surface area contributed by atoms with Gasteiger partial charge in [-0.25, -0.2) is 4.98 Å². The molecule has 5 aromatic rings. The first-order chi connectivity index (χ1) is 25.6. The zero-order chi connectivity index (χ0) is 37.0. The maximum Gasteiger partial charge on any atom is 0.323 e. The summed E-state index contributed by atoms with van der Waals surface area (Å²) in [4.78, 5) is 37.1. The van der Waals surface area contributed by atoms with Gasteiger partial charge in [0.25, 0.3) is 5.91 Å². The van der Waals surface area contributed by atoms with Crippen LogP contribution in [0.15, 0.2) is 103 Å². The molecular weight excluding hydrogens is 668 g/mol. The Hall–Kier alpha value is -5.00. The molecule has 2 aliphatic rings. The van der Waals surface area contributed by atoms with Crippen molar-refractivity contribution in [3.05, 3.63) is 131 Å². The number of para-hydroxylation sites is 2. The number of aliphatic hydroxyl groups excluding tert-OH is 1. The van der Waals surface area contributed by atoms with Crippen LogP contribution in [0, 0.1) is 0 Å². The summed E-state index contributed by atoms with van der Waals surface area (Å²) in [6.07, 6.45) is 2.69. The average molecular weight is 715 g/mol. The van der Waals surface area contributed by atoms with Crippen LogP contribution in [0.5, 0.6) is 0 Å². The number of carbonyl (C=O) groups excluding carboxylic acids is 2. The zero-order valence-corrected chi connectivity index (χ0v) is 30.4. The van der Waals surface area contributed by atoms with Crippen LogP contribution in [0.4, 0.5) is 0 Å². The number of esters is 1. The first kappa shape index (κ1) is 36.4. The van der Waals surface area contributed by atoms with Crippen molar-refractivity contribution < 1.29 is 28.9 Å². The summed E-state index contributed by atoms with van der Waals surface area (Å²) in [6.45, 7) is 7.37. The monoisotopic (exact) mass is 714 g/mol. The molecule has 1 amide bonds. The molecule has 10 heteroatoms. The number of benzene rings is 4. The van der Waals surface area contributed by atoms with E-state index in [0.717, 1.165) is 58.3 Å². The van der Waals surface area contributed by atoms with Gasteiger partial charge >= 0.3 is 5.97 Å². The lowest BCUT2D eigenvalue weighted by molar-refractivity contribution is -0.253. The fourth-order valence-electron chi connectivity index (χ4n) is 7.04. The Balaban J connectivity index is 1.08. The number of fused-ring (bicyclic) bond motifs is 1. The molecule has 0 saturated carbocycles. The van der Waals surface area contributed by atoms with E-state index in [0.29, 0.717) is 25.0 Å². The van der Waals surface area contributed by atoms with Gasteiger partial charge in [0.05, 0.1) is 36.0 Å². The predicted molar refractivity (Wildman–Crippen MR) is 201 cm³/mol. The molecule has 2 saturated heterocycles. The lowest BCUT2D eigenvalue weighted by atomic mass is 9.98. The number of hydrogen-bond acceptors (Lipinski definition) is 9. The fourth-order valence-corrected chi connectivity index (χ4v) is 7.04. The number of likely N-dealkylation sites (tertiary alicyclic amines) is 1. The van der Waals surface area contributed by atoms with Crippen LogP contribution in [-0.2, 0) is 32.2 Å². The van der Waals surface area contributed by atoms with Gasteiger partial charge in [0.15, 0.2) is 6.29 Å². The molecule has 3 heterocycles. The van der Waals surface area contributed by atoms with Gasteiger partial charge in [-0.3, -0.25) is 19.5 Å². The molecule has 10 nitrogen and oxygen atoms in total. The van der Waals surface area contributed by atoms with Crippen molar-refractivity contribution in [3.63, 3.8) is 0 Å². The highest BCUT2D eigenvalue weighted by molar-refractivity contribution is 5.93. The van der Waals surface area contributed by atoms with E-state index in [4.69, 9.17) is 14.2 Å². The maximum absolute atomic E-state index is 13.1. The number of aliphatic hydroxyl groups is 1. The zero-order valence-electron chi connectivity index (χ0n) is 30.4. The number of aromatic nitrogens is 2. The van der Waals surface area contributed by atoms with Crippen molar-refractivity contribution in [2.75, 3.05) is 13.1 Å². The molecule has 0 unspecified atom stereocenters. The van der Waals surface area contributed by atoms with Crippen LogP contribution in [0.2, 0.25) is 0 Å². The molecule has 274 valence electrons. The van der Waals surface area contributed by atoms with E-state index in [2.05, 4.69) is 32.3 Å². The second-order valence-corrected chi connectivity index (χ2v) is 14.8. The SMILES string of the molecule is CC(C)(C)OC(=O)[C@@H]1CCCN1C[C@H]1C[C@@H](c2ccc(CO)cc2)O[C@@H](c2cccc(-c3cccc(CNC(=O)c4cnc5ccccc5n4)c3)c2)O1. The Kier molecular flexibility index (Phi) is 10.9. The van der Waals surface area contributed by atoms with E-state index in [1.165, 1.54) is 6.20 Å². The van der Waals surface area contributed by atoms with Crippen molar-refractivity contribution in [3.8, 4) is 11.1 Å². The first-order valence-electron chi connectivity index (χ1n) is 18.3. The van der Waals surface area contributed by atoms with Crippen molar-refractivity contribution in [2.24, 2.45) is 0 Å². The summed E-state index contributed by atoms with van der Waals surface area (Å²) >= 11 is 0. The number of carbonyl (C=O) groups is 2. The van der Waals surface area contributed by atoms with E-state index >= 15 is 0 Å². The summed E-state index contributed by atoms with van der Waals surface area (Å²) in [5.74, 6) is -0.477. The van der Waals surface area contributed by atoms with Gasteiger partial charge in [0.1, 0.15) is 17.3 Å². The summed E-state index contributed by atoms with van der Waals surface area (Å²) in [6, 6.07) is 31.2. The number of nitrogens with one attached hydrogen (secondary N) is 1. The Morgan fingerprint density at radius 3 is 2.42 bits per heavy atom. The van der Waals surface area contributed by atoms with E-state index in [1.54, 1.807) is 0 Å². The number of nitrogens with zero attached hydrogens (tertiary/aromatic N) is 3. The van der Waals surface area contributed by atoms with E-state index in [9.17, 15) is 14.7 Å². The van der Waals surface area contributed by atoms with Crippen molar-refractivity contribution in [1.82, 2.24) is 20.2 Å². The number of ether oxygens (including phenoxy) is 3. The first-order valence-corrected chi connectivity index (χ1v) is 18.3. The molecule has 53 heavy (non-hydrogen) atoms. The normalized spacial score (nSPS) is 20.7. The number of amides is 1. The molecule has 4 aromatic carbocycles.